The molecule has 0 fully saturated rings. The number of ether oxygens (including phenoxy) is 1. The number of amides is 1. The molecule has 0 aliphatic heterocycles. The average Bonchev–Trinajstić information content (AvgIpc) is 2.67. The lowest BCUT2D eigenvalue weighted by Gasteiger charge is -2.12. The van der Waals surface area contributed by atoms with Crippen LogP contribution in [0.1, 0.15) is 5.69 Å². The molecule has 6 heteroatoms. The van der Waals surface area contributed by atoms with Gasteiger partial charge in [-0.3, -0.25) is 4.79 Å². The van der Waals surface area contributed by atoms with E-state index in [1.54, 1.807) is 6.07 Å². The number of carbonyl (C=O) groups excluding carboxylic acids is 1. The van der Waals surface area contributed by atoms with E-state index < -0.39 is 0 Å². The summed E-state index contributed by atoms with van der Waals surface area (Å²) in [5.74, 6) is 0.0560. The lowest BCUT2D eigenvalue weighted by Crippen LogP contribution is -2.20. The molecule has 0 saturated heterocycles. The molecular formula is C22H16Cl2N2O2. The Balaban J connectivity index is 1.54. The minimum atomic E-state index is -0.290. The van der Waals surface area contributed by atoms with Gasteiger partial charge in [0, 0.05) is 16.8 Å². The summed E-state index contributed by atoms with van der Waals surface area (Å²) in [5, 5.41) is 6.52. The maximum atomic E-state index is 12.4. The number of carbonyl (C=O) groups is 1. The Bertz CT molecular complexity index is 1210. The molecule has 4 rings (SSSR count). The zero-order chi connectivity index (χ0) is 19.7. The van der Waals surface area contributed by atoms with Crippen molar-refractivity contribution in [3.05, 3.63) is 76.4 Å². The Morgan fingerprint density at radius 1 is 1.00 bits per heavy atom. The minimum absolute atomic E-state index is 0.196. The number of anilines is 1. The minimum Gasteiger partial charge on any atom is -0.480 e. The van der Waals surface area contributed by atoms with Crippen LogP contribution in [-0.2, 0) is 4.79 Å². The third-order valence-electron chi connectivity index (χ3n) is 4.36. The van der Waals surface area contributed by atoms with E-state index in [4.69, 9.17) is 27.9 Å². The van der Waals surface area contributed by atoms with Crippen LogP contribution in [0.25, 0.3) is 21.7 Å². The Labute approximate surface area is 172 Å². The average molecular weight is 411 g/mol. The van der Waals surface area contributed by atoms with Crippen LogP contribution in [0.4, 0.5) is 5.69 Å². The van der Waals surface area contributed by atoms with Crippen molar-refractivity contribution in [2.75, 3.05) is 11.9 Å². The first kappa shape index (κ1) is 18.5. The Morgan fingerprint density at radius 3 is 2.61 bits per heavy atom. The molecule has 0 bridgehead atoms. The van der Waals surface area contributed by atoms with Gasteiger partial charge in [-0.25, -0.2) is 4.98 Å². The number of nitrogens with one attached hydrogen (secondary N) is 1. The number of aromatic nitrogens is 1. The number of aryl methyl sites for hydroxylation is 1. The molecule has 3 aromatic carbocycles. The molecule has 0 radical (unpaired) electrons. The van der Waals surface area contributed by atoms with Crippen molar-refractivity contribution in [1.29, 1.82) is 0 Å². The highest BCUT2D eigenvalue weighted by atomic mass is 35.5. The van der Waals surface area contributed by atoms with Crippen molar-refractivity contribution in [1.82, 2.24) is 4.98 Å². The van der Waals surface area contributed by atoms with E-state index in [2.05, 4.69) is 10.3 Å². The fraction of sp³-hybridized carbons (Fsp3) is 0.0909. The zero-order valence-corrected chi connectivity index (χ0v) is 16.5. The summed E-state index contributed by atoms with van der Waals surface area (Å²) in [7, 11) is 0. The van der Waals surface area contributed by atoms with Gasteiger partial charge in [-0.1, -0.05) is 53.5 Å². The fourth-order valence-electron chi connectivity index (χ4n) is 3.03. The molecule has 0 atom stereocenters. The number of halogens is 2. The van der Waals surface area contributed by atoms with Crippen molar-refractivity contribution in [2.45, 2.75) is 6.92 Å². The third kappa shape index (κ3) is 3.75. The van der Waals surface area contributed by atoms with Crippen LogP contribution in [-0.4, -0.2) is 17.5 Å². The first-order valence-electron chi connectivity index (χ1n) is 8.68. The van der Waals surface area contributed by atoms with Crippen LogP contribution in [0.15, 0.2) is 60.7 Å². The van der Waals surface area contributed by atoms with E-state index >= 15 is 0 Å². The molecule has 0 saturated carbocycles. The SMILES string of the molecule is Cc1ccc2c(Cl)cc(Cl)c(OCC(=O)Nc3ccc4ccccc4c3)c2n1. The molecule has 4 nitrogen and oxygen atoms in total. The number of benzene rings is 3. The number of hydrogen-bond acceptors (Lipinski definition) is 3. The number of nitrogens with zero attached hydrogens (tertiary/aromatic N) is 1. The monoisotopic (exact) mass is 410 g/mol. The van der Waals surface area contributed by atoms with Gasteiger partial charge in [-0.2, -0.15) is 0 Å². The molecular weight excluding hydrogens is 395 g/mol. The summed E-state index contributed by atoms with van der Waals surface area (Å²) in [4.78, 5) is 16.8. The summed E-state index contributed by atoms with van der Waals surface area (Å²) in [5.41, 5.74) is 2.04. The van der Waals surface area contributed by atoms with Gasteiger partial charge in [0.2, 0.25) is 0 Å². The first-order valence-corrected chi connectivity index (χ1v) is 9.44. The summed E-state index contributed by atoms with van der Waals surface area (Å²) in [6, 6.07) is 19.0. The smallest absolute Gasteiger partial charge is 0.262 e. The van der Waals surface area contributed by atoms with Crippen LogP contribution < -0.4 is 10.1 Å². The molecule has 140 valence electrons. The maximum Gasteiger partial charge on any atom is 0.262 e. The van der Waals surface area contributed by atoms with Crippen LogP contribution in [0.5, 0.6) is 5.75 Å². The molecule has 1 N–H and O–H groups in total. The normalized spacial score (nSPS) is 11.0. The topological polar surface area (TPSA) is 51.2 Å². The molecule has 1 aromatic heterocycles. The second kappa shape index (κ2) is 7.66. The molecule has 0 aliphatic rings. The predicted molar refractivity (Wildman–Crippen MR) is 115 cm³/mol. The van der Waals surface area contributed by atoms with Gasteiger partial charge in [-0.05, 0) is 48.0 Å². The molecule has 1 heterocycles. The molecule has 0 unspecified atom stereocenters. The Kier molecular flexibility index (Phi) is 5.07. The third-order valence-corrected chi connectivity index (χ3v) is 4.95. The Morgan fingerprint density at radius 2 is 1.79 bits per heavy atom. The van der Waals surface area contributed by atoms with E-state index in [-0.39, 0.29) is 12.5 Å². The highest BCUT2D eigenvalue weighted by Crippen LogP contribution is 2.37. The van der Waals surface area contributed by atoms with Crippen molar-refractivity contribution >= 4 is 56.5 Å². The summed E-state index contributed by atoms with van der Waals surface area (Å²) in [6.45, 7) is 1.67. The number of fused-ring (bicyclic) bond motifs is 2. The van der Waals surface area contributed by atoms with Crippen molar-refractivity contribution in [3.63, 3.8) is 0 Å². The second-order valence-corrected chi connectivity index (χ2v) is 7.23. The molecule has 0 aliphatic carbocycles. The van der Waals surface area contributed by atoms with Gasteiger partial charge < -0.3 is 10.1 Å². The van der Waals surface area contributed by atoms with E-state index in [1.165, 1.54) is 0 Å². The highest BCUT2D eigenvalue weighted by Gasteiger charge is 2.15. The number of hydrogen-bond donors (Lipinski definition) is 1. The molecule has 4 aromatic rings. The van der Waals surface area contributed by atoms with Gasteiger partial charge in [0.15, 0.2) is 12.4 Å². The standard InChI is InChI=1S/C22H16Cl2N2O2/c1-13-6-9-17-18(23)11-19(24)22(21(17)25-13)28-12-20(27)26-16-8-7-14-4-2-3-5-15(14)10-16/h2-11H,12H2,1H3,(H,26,27). The summed E-state index contributed by atoms with van der Waals surface area (Å²) in [6.07, 6.45) is 0. The van der Waals surface area contributed by atoms with Crippen LogP contribution in [0.2, 0.25) is 10.0 Å². The lowest BCUT2D eigenvalue weighted by atomic mass is 10.1. The quantitative estimate of drug-likeness (QED) is 0.447. The molecule has 0 spiro atoms. The first-order chi connectivity index (χ1) is 13.5. The second-order valence-electron chi connectivity index (χ2n) is 6.42. The number of rotatable bonds is 4. The summed E-state index contributed by atoms with van der Waals surface area (Å²) < 4.78 is 5.72. The van der Waals surface area contributed by atoms with Crippen LogP contribution in [0, 0.1) is 6.92 Å². The van der Waals surface area contributed by atoms with Gasteiger partial charge in [-0.15, -0.1) is 0 Å². The van der Waals surface area contributed by atoms with E-state index in [0.29, 0.717) is 27.0 Å². The fourth-order valence-corrected chi connectivity index (χ4v) is 3.60. The zero-order valence-electron chi connectivity index (χ0n) is 15.0. The van der Waals surface area contributed by atoms with E-state index in [0.717, 1.165) is 21.9 Å². The van der Waals surface area contributed by atoms with Gasteiger partial charge >= 0.3 is 0 Å². The predicted octanol–water partition coefficient (Wildman–Crippen LogP) is 6.02. The van der Waals surface area contributed by atoms with E-state index in [9.17, 15) is 4.79 Å². The maximum absolute atomic E-state index is 12.4. The Hall–Kier alpha value is -2.82. The van der Waals surface area contributed by atoms with Crippen LogP contribution in [0.3, 0.4) is 0 Å². The number of pyridine rings is 1. The highest BCUT2D eigenvalue weighted by molar-refractivity contribution is 6.39. The molecule has 28 heavy (non-hydrogen) atoms. The summed E-state index contributed by atoms with van der Waals surface area (Å²) >= 11 is 12.5. The van der Waals surface area contributed by atoms with Gasteiger partial charge in [0.05, 0.1) is 10.0 Å². The largest absolute Gasteiger partial charge is 0.480 e. The van der Waals surface area contributed by atoms with E-state index in [1.807, 2.05) is 61.5 Å². The van der Waals surface area contributed by atoms with Gasteiger partial charge in [0.1, 0.15) is 5.52 Å². The lowest BCUT2D eigenvalue weighted by molar-refractivity contribution is -0.118. The van der Waals surface area contributed by atoms with Crippen molar-refractivity contribution in [3.8, 4) is 5.75 Å². The van der Waals surface area contributed by atoms with Crippen molar-refractivity contribution < 1.29 is 9.53 Å². The van der Waals surface area contributed by atoms with Crippen LogP contribution >= 0.6 is 23.2 Å². The molecule has 1 amide bonds. The van der Waals surface area contributed by atoms with Gasteiger partial charge in [0.25, 0.3) is 5.91 Å². The van der Waals surface area contributed by atoms with Crippen molar-refractivity contribution in [2.24, 2.45) is 0 Å².